The van der Waals surface area contributed by atoms with Gasteiger partial charge in [-0.3, -0.25) is 9.78 Å². The van der Waals surface area contributed by atoms with Crippen molar-refractivity contribution in [3.63, 3.8) is 0 Å². The third-order valence-electron chi connectivity index (χ3n) is 3.73. The van der Waals surface area contributed by atoms with Crippen LogP contribution in [0.25, 0.3) is 0 Å². The van der Waals surface area contributed by atoms with E-state index in [4.69, 9.17) is 4.74 Å². The lowest BCUT2D eigenvalue weighted by atomic mass is 10.1. The molecule has 1 atom stereocenters. The van der Waals surface area contributed by atoms with Crippen LogP contribution in [0, 0.1) is 0 Å². The minimum atomic E-state index is 0. The average Bonchev–Trinajstić information content (AvgIpc) is 2.56. The molecule has 1 N–H and O–H groups in total. The SMILES string of the molecule is CC1CNCCN1C(=O)c1cccc(Oc2ccncc2)c1.Cl.Cl. The highest BCUT2D eigenvalue weighted by Gasteiger charge is 2.24. The van der Waals surface area contributed by atoms with E-state index in [1.165, 1.54) is 0 Å². The topological polar surface area (TPSA) is 54.5 Å². The molecule has 2 heterocycles. The first-order chi connectivity index (χ1) is 10.7. The number of hydrogen-bond donors (Lipinski definition) is 1. The molecule has 1 fully saturated rings. The van der Waals surface area contributed by atoms with Crippen LogP contribution in [0.1, 0.15) is 17.3 Å². The van der Waals surface area contributed by atoms with Crippen molar-refractivity contribution in [1.29, 1.82) is 0 Å². The number of piperazine rings is 1. The summed E-state index contributed by atoms with van der Waals surface area (Å²) >= 11 is 0. The molecule has 1 saturated heterocycles. The van der Waals surface area contributed by atoms with E-state index >= 15 is 0 Å². The van der Waals surface area contributed by atoms with E-state index < -0.39 is 0 Å². The Morgan fingerprint density at radius 3 is 2.67 bits per heavy atom. The smallest absolute Gasteiger partial charge is 0.254 e. The number of rotatable bonds is 3. The van der Waals surface area contributed by atoms with Crippen LogP contribution in [0.2, 0.25) is 0 Å². The highest BCUT2D eigenvalue weighted by atomic mass is 35.5. The molecule has 0 spiro atoms. The van der Waals surface area contributed by atoms with E-state index in [1.807, 2.05) is 23.1 Å². The summed E-state index contributed by atoms with van der Waals surface area (Å²) in [5.41, 5.74) is 0.653. The first-order valence-electron chi connectivity index (χ1n) is 7.43. The normalized spacial score (nSPS) is 16.5. The molecule has 0 saturated carbocycles. The number of aromatic nitrogens is 1. The van der Waals surface area contributed by atoms with Gasteiger partial charge in [-0.25, -0.2) is 0 Å². The van der Waals surface area contributed by atoms with Gasteiger partial charge >= 0.3 is 0 Å². The fourth-order valence-corrected chi connectivity index (χ4v) is 2.54. The van der Waals surface area contributed by atoms with Gasteiger partial charge in [-0.1, -0.05) is 6.07 Å². The molecule has 7 heteroatoms. The number of benzene rings is 1. The van der Waals surface area contributed by atoms with Crippen molar-refractivity contribution in [3.8, 4) is 11.5 Å². The summed E-state index contributed by atoms with van der Waals surface area (Å²) in [6, 6.07) is 11.1. The molecule has 3 rings (SSSR count). The number of nitrogens with zero attached hydrogens (tertiary/aromatic N) is 2. The van der Waals surface area contributed by atoms with E-state index in [9.17, 15) is 4.79 Å². The number of amides is 1. The first-order valence-corrected chi connectivity index (χ1v) is 7.43. The molecule has 1 aromatic heterocycles. The number of halogens is 2. The van der Waals surface area contributed by atoms with Gasteiger partial charge in [-0.15, -0.1) is 24.8 Å². The molecule has 1 aliphatic heterocycles. The van der Waals surface area contributed by atoms with Crippen LogP contribution < -0.4 is 10.1 Å². The van der Waals surface area contributed by atoms with Crippen molar-refractivity contribution < 1.29 is 9.53 Å². The standard InChI is InChI=1S/C17H19N3O2.2ClH/c1-13-12-19-9-10-20(13)17(21)14-3-2-4-16(11-14)22-15-5-7-18-8-6-15;;/h2-8,11,13,19H,9-10,12H2,1H3;2*1H. The van der Waals surface area contributed by atoms with Gasteiger partial charge < -0.3 is 15.0 Å². The van der Waals surface area contributed by atoms with Crippen LogP contribution in [0.5, 0.6) is 11.5 Å². The maximum Gasteiger partial charge on any atom is 0.254 e. The van der Waals surface area contributed by atoms with E-state index in [0.29, 0.717) is 17.1 Å². The third kappa shape index (κ3) is 4.84. The molecule has 24 heavy (non-hydrogen) atoms. The lowest BCUT2D eigenvalue weighted by molar-refractivity contribution is 0.0655. The Balaban J connectivity index is 0.00000144. The monoisotopic (exact) mass is 369 g/mol. The second-order valence-electron chi connectivity index (χ2n) is 5.36. The highest BCUT2D eigenvalue weighted by molar-refractivity contribution is 5.95. The minimum absolute atomic E-state index is 0. The van der Waals surface area contributed by atoms with Crippen molar-refractivity contribution in [3.05, 3.63) is 54.4 Å². The molecule has 1 unspecified atom stereocenters. The lowest BCUT2D eigenvalue weighted by Gasteiger charge is -2.34. The van der Waals surface area contributed by atoms with Gasteiger partial charge in [-0.05, 0) is 37.3 Å². The second kappa shape index (κ2) is 9.47. The highest BCUT2D eigenvalue weighted by Crippen LogP contribution is 2.22. The van der Waals surface area contributed by atoms with Crippen LogP contribution in [-0.2, 0) is 0 Å². The van der Waals surface area contributed by atoms with Crippen molar-refractivity contribution in [1.82, 2.24) is 15.2 Å². The van der Waals surface area contributed by atoms with Crippen LogP contribution in [0.15, 0.2) is 48.8 Å². The van der Waals surface area contributed by atoms with Gasteiger partial charge in [0.25, 0.3) is 5.91 Å². The number of nitrogens with one attached hydrogen (secondary N) is 1. The summed E-state index contributed by atoms with van der Waals surface area (Å²) in [4.78, 5) is 18.5. The summed E-state index contributed by atoms with van der Waals surface area (Å²) in [6.45, 7) is 4.46. The summed E-state index contributed by atoms with van der Waals surface area (Å²) in [6.07, 6.45) is 3.35. The van der Waals surface area contributed by atoms with E-state index in [1.54, 1.807) is 30.6 Å². The largest absolute Gasteiger partial charge is 0.457 e. The molecule has 5 nitrogen and oxygen atoms in total. The van der Waals surface area contributed by atoms with Gasteiger partial charge in [0, 0.05) is 43.6 Å². The summed E-state index contributed by atoms with van der Waals surface area (Å²) < 4.78 is 5.76. The number of pyridine rings is 1. The number of ether oxygens (including phenoxy) is 1. The predicted molar refractivity (Wildman–Crippen MR) is 98.6 cm³/mol. The molecule has 130 valence electrons. The number of hydrogen-bond acceptors (Lipinski definition) is 4. The number of carbonyl (C=O) groups is 1. The Morgan fingerprint density at radius 2 is 1.96 bits per heavy atom. The van der Waals surface area contributed by atoms with Crippen LogP contribution in [0.4, 0.5) is 0 Å². The quantitative estimate of drug-likeness (QED) is 0.902. The van der Waals surface area contributed by atoms with Crippen LogP contribution in [0.3, 0.4) is 0 Å². The first kappa shape index (κ1) is 20.2. The summed E-state index contributed by atoms with van der Waals surface area (Å²) in [7, 11) is 0. The van der Waals surface area contributed by atoms with Gasteiger partial charge in [0.15, 0.2) is 0 Å². The molecule has 2 aromatic rings. The van der Waals surface area contributed by atoms with Gasteiger partial charge in [0.2, 0.25) is 0 Å². The van der Waals surface area contributed by atoms with Crippen molar-refractivity contribution in [2.75, 3.05) is 19.6 Å². The molecule has 1 amide bonds. The molecule has 0 aliphatic carbocycles. The average molecular weight is 370 g/mol. The Labute approximate surface area is 154 Å². The lowest BCUT2D eigenvalue weighted by Crippen LogP contribution is -2.52. The van der Waals surface area contributed by atoms with Gasteiger partial charge in [0.1, 0.15) is 11.5 Å². The maximum absolute atomic E-state index is 12.6. The zero-order valence-corrected chi connectivity index (χ0v) is 15.0. The molecule has 0 radical (unpaired) electrons. The molecule has 1 aromatic carbocycles. The number of carbonyl (C=O) groups excluding carboxylic acids is 1. The maximum atomic E-state index is 12.6. The fourth-order valence-electron chi connectivity index (χ4n) is 2.54. The van der Waals surface area contributed by atoms with E-state index in [0.717, 1.165) is 19.6 Å². The Bertz CT molecular complexity index is 655. The van der Waals surface area contributed by atoms with Crippen LogP contribution >= 0.6 is 24.8 Å². The van der Waals surface area contributed by atoms with Crippen molar-refractivity contribution in [2.24, 2.45) is 0 Å². The fraction of sp³-hybridized carbons (Fsp3) is 0.294. The van der Waals surface area contributed by atoms with Gasteiger partial charge in [0.05, 0.1) is 0 Å². The van der Waals surface area contributed by atoms with Crippen molar-refractivity contribution >= 4 is 30.7 Å². The predicted octanol–water partition coefficient (Wildman–Crippen LogP) is 3.15. The molecule has 0 bridgehead atoms. The Hall–Kier alpha value is -1.82. The minimum Gasteiger partial charge on any atom is -0.457 e. The molecule has 1 aliphatic rings. The zero-order valence-electron chi connectivity index (χ0n) is 13.3. The Kier molecular flexibility index (Phi) is 7.98. The molecular weight excluding hydrogens is 349 g/mol. The van der Waals surface area contributed by atoms with Gasteiger partial charge in [-0.2, -0.15) is 0 Å². The summed E-state index contributed by atoms with van der Waals surface area (Å²) in [5, 5.41) is 3.29. The third-order valence-corrected chi connectivity index (χ3v) is 3.73. The van der Waals surface area contributed by atoms with E-state index in [-0.39, 0.29) is 36.8 Å². The summed E-state index contributed by atoms with van der Waals surface area (Å²) in [5.74, 6) is 1.41. The van der Waals surface area contributed by atoms with E-state index in [2.05, 4.69) is 17.2 Å². The second-order valence-corrected chi connectivity index (χ2v) is 5.36. The Morgan fingerprint density at radius 1 is 1.21 bits per heavy atom. The van der Waals surface area contributed by atoms with Crippen molar-refractivity contribution in [2.45, 2.75) is 13.0 Å². The van der Waals surface area contributed by atoms with Crippen LogP contribution in [-0.4, -0.2) is 41.5 Å². The molecular formula is C17H21Cl2N3O2. The zero-order chi connectivity index (χ0) is 15.4.